The first-order valence-electron chi connectivity index (χ1n) is 6.26. The predicted octanol–water partition coefficient (Wildman–Crippen LogP) is 2.52. The van der Waals surface area contributed by atoms with E-state index >= 15 is 0 Å². The number of unbranched alkanes of at least 4 members (excludes halogenated alkanes) is 3. The molecule has 5 heteroatoms. The molecule has 0 aromatic carbocycles. The molecule has 1 rings (SSSR count). The van der Waals surface area contributed by atoms with Crippen molar-refractivity contribution < 1.29 is 0 Å². The van der Waals surface area contributed by atoms with Crippen LogP contribution in [0.4, 0.5) is 5.95 Å². The Labute approximate surface area is 108 Å². The zero-order chi connectivity index (χ0) is 12.3. The molecule has 0 radical (unpaired) electrons. The average Bonchev–Trinajstić information content (AvgIpc) is 2.37. The third-order valence-electron chi connectivity index (χ3n) is 2.31. The Morgan fingerprint density at radius 3 is 3.00 bits per heavy atom. The highest BCUT2D eigenvalue weighted by Crippen LogP contribution is 2.14. The summed E-state index contributed by atoms with van der Waals surface area (Å²) in [6.45, 7) is 3.84. The number of nitrogens with two attached hydrogens (primary N) is 1. The van der Waals surface area contributed by atoms with Crippen LogP contribution in [0.25, 0.3) is 0 Å². The molecule has 0 fully saturated rings. The van der Waals surface area contributed by atoms with E-state index in [4.69, 9.17) is 5.73 Å². The van der Waals surface area contributed by atoms with Crippen molar-refractivity contribution in [2.45, 2.75) is 37.6 Å². The molecule has 0 aliphatic heterocycles. The minimum Gasteiger partial charge on any atom is -0.354 e. The number of nitrogens with one attached hydrogen (secondary N) is 1. The normalized spacial score (nSPS) is 10.5. The van der Waals surface area contributed by atoms with E-state index in [9.17, 15) is 0 Å². The van der Waals surface area contributed by atoms with Gasteiger partial charge in [-0.3, -0.25) is 0 Å². The summed E-state index contributed by atoms with van der Waals surface area (Å²) in [5.41, 5.74) is 5.46. The quantitative estimate of drug-likeness (QED) is 0.403. The Hall–Kier alpha value is -0.810. The van der Waals surface area contributed by atoms with Crippen LogP contribution < -0.4 is 11.1 Å². The highest BCUT2D eigenvalue weighted by atomic mass is 32.2. The lowest BCUT2D eigenvalue weighted by Gasteiger charge is -2.05. The van der Waals surface area contributed by atoms with Gasteiger partial charge in [-0.2, -0.15) is 0 Å². The van der Waals surface area contributed by atoms with E-state index in [1.165, 1.54) is 25.7 Å². The maximum absolute atomic E-state index is 5.46. The van der Waals surface area contributed by atoms with Gasteiger partial charge in [-0.25, -0.2) is 9.97 Å². The molecule has 1 aromatic heterocycles. The highest BCUT2D eigenvalue weighted by Gasteiger charge is 1.98. The van der Waals surface area contributed by atoms with Crippen molar-refractivity contribution in [1.82, 2.24) is 9.97 Å². The van der Waals surface area contributed by atoms with Crippen molar-refractivity contribution in [3.63, 3.8) is 0 Å². The van der Waals surface area contributed by atoms with Gasteiger partial charge in [0, 0.05) is 25.0 Å². The molecule has 96 valence electrons. The molecule has 0 aliphatic carbocycles. The van der Waals surface area contributed by atoms with Crippen LogP contribution in [0.1, 0.15) is 32.6 Å². The Bertz CT molecular complexity index is 306. The maximum Gasteiger partial charge on any atom is 0.223 e. The minimum atomic E-state index is 0.675. The van der Waals surface area contributed by atoms with Gasteiger partial charge < -0.3 is 11.1 Å². The molecule has 0 amide bonds. The molecule has 0 spiro atoms. The average molecular weight is 254 g/mol. The lowest BCUT2D eigenvalue weighted by molar-refractivity contribution is 0.683. The number of hydrogen-bond donors (Lipinski definition) is 2. The molecule has 0 aliphatic rings. The SMILES string of the molecule is CCCCCCNc1nccc(SCCN)n1. The summed E-state index contributed by atoms with van der Waals surface area (Å²) in [5.74, 6) is 1.62. The predicted molar refractivity (Wildman–Crippen MR) is 74.4 cm³/mol. The van der Waals surface area contributed by atoms with Crippen molar-refractivity contribution >= 4 is 17.7 Å². The van der Waals surface area contributed by atoms with Crippen LogP contribution in [-0.4, -0.2) is 28.8 Å². The zero-order valence-corrected chi connectivity index (χ0v) is 11.3. The fraction of sp³-hybridized carbons (Fsp3) is 0.667. The molecular weight excluding hydrogens is 232 g/mol. The second-order valence-corrected chi connectivity index (χ2v) is 4.96. The van der Waals surface area contributed by atoms with Crippen LogP contribution in [0.3, 0.4) is 0 Å². The summed E-state index contributed by atoms with van der Waals surface area (Å²) >= 11 is 1.67. The van der Waals surface area contributed by atoms with Gasteiger partial charge in [-0.15, -0.1) is 11.8 Å². The molecule has 4 nitrogen and oxygen atoms in total. The summed E-state index contributed by atoms with van der Waals surface area (Å²) in [6, 6.07) is 1.92. The molecule has 0 saturated carbocycles. The maximum atomic E-state index is 5.46. The smallest absolute Gasteiger partial charge is 0.223 e. The second kappa shape index (κ2) is 9.24. The molecule has 0 bridgehead atoms. The van der Waals surface area contributed by atoms with Gasteiger partial charge in [0.25, 0.3) is 0 Å². The largest absolute Gasteiger partial charge is 0.354 e. The van der Waals surface area contributed by atoms with Gasteiger partial charge in [0.05, 0.1) is 0 Å². The van der Waals surface area contributed by atoms with Crippen LogP contribution >= 0.6 is 11.8 Å². The highest BCUT2D eigenvalue weighted by molar-refractivity contribution is 7.99. The van der Waals surface area contributed by atoms with Gasteiger partial charge in [0.15, 0.2) is 0 Å². The lowest BCUT2D eigenvalue weighted by Crippen LogP contribution is -2.06. The van der Waals surface area contributed by atoms with E-state index in [-0.39, 0.29) is 0 Å². The zero-order valence-electron chi connectivity index (χ0n) is 10.5. The lowest BCUT2D eigenvalue weighted by atomic mass is 10.2. The van der Waals surface area contributed by atoms with Crippen molar-refractivity contribution in [2.24, 2.45) is 5.73 Å². The first-order chi connectivity index (χ1) is 8.36. The van der Waals surface area contributed by atoms with Crippen molar-refractivity contribution in [3.05, 3.63) is 12.3 Å². The van der Waals surface area contributed by atoms with Crippen LogP contribution in [0.2, 0.25) is 0 Å². The standard InChI is InChI=1S/C12H22N4S/c1-2-3-4-5-8-14-12-15-9-6-11(16-12)17-10-7-13/h6,9H,2-5,7-8,10,13H2,1H3,(H,14,15,16). The summed E-state index contributed by atoms with van der Waals surface area (Å²) in [7, 11) is 0. The Kier molecular flexibility index (Phi) is 7.75. The molecule has 3 N–H and O–H groups in total. The van der Waals surface area contributed by atoms with Gasteiger partial charge in [0.2, 0.25) is 5.95 Å². The molecule has 1 aromatic rings. The van der Waals surface area contributed by atoms with Crippen molar-refractivity contribution in [2.75, 3.05) is 24.2 Å². The van der Waals surface area contributed by atoms with Gasteiger partial charge in [-0.05, 0) is 12.5 Å². The molecule has 17 heavy (non-hydrogen) atoms. The monoisotopic (exact) mass is 254 g/mol. The summed E-state index contributed by atoms with van der Waals surface area (Å²) in [4.78, 5) is 8.61. The second-order valence-electron chi connectivity index (χ2n) is 3.84. The van der Waals surface area contributed by atoms with Crippen LogP contribution in [0.5, 0.6) is 0 Å². The summed E-state index contributed by atoms with van der Waals surface area (Å²) in [6.07, 6.45) is 6.80. The number of hydrogen-bond acceptors (Lipinski definition) is 5. The summed E-state index contributed by atoms with van der Waals surface area (Å²) in [5, 5.41) is 4.24. The van der Waals surface area contributed by atoms with Gasteiger partial charge in [-0.1, -0.05) is 26.2 Å². The minimum absolute atomic E-state index is 0.675. The number of anilines is 1. The molecule has 0 saturated heterocycles. The molecular formula is C12H22N4S. The Morgan fingerprint density at radius 1 is 1.35 bits per heavy atom. The first kappa shape index (κ1) is 14.3. The molecule has 0 unspecified atom stereocenters. The van der Waals surface area contributed by atoms with E-state index in [0.29, 0.717) is 6.54 Å². The first-order valence-corrected chi connectivity index (χ1v) is 7.25. The number of aromatic nitrogens is 2. The topological polar surface area (TPSA) is 63.8 Å². The fourth-order valence-electron chi connectivity index (χ4n) is 1.42. The van der Waals surface area contributed by atoms with Crippen LogP contribution in [-0.2, 0) is 0 Å². The van der Waals surface area contributed by atoms with E-state index in [1.807, 2.05) is 6.07 Å². The Morgan fingerprint density at radius 2 is 2.24 bits per heavy atom. The van der Waals surface area contributed by atoms with E-state index in [0.717, 1.165) is 23.3 Å². The van der Waals surface area contributed by atoms with E-state index in [2.05, 4.69) is 22.2 Å². The van der Waals surface area contributed by atoms with Crippen molar-refractivity contribution in [3.8, 4) is 0 Å². The van der Waals surface area contributed by atoms with E-state index in [1.54, 1.807) is 18.0 Å². The van der Waals surface area contributed by atoms with E-state index < -0.39 is 0 Å². The number of rotatable bonds is 9. The third kappa shape index (κ3) is 6.48. The van der Waals surface area contributed by atoms with Gasteiger partial charge in [0.1, 0.15) is 5.03 Å². The van der Waals surface area contributed by atoms with Crippen molar-refractivity contribution in [1.29, 1.82) is 0 Å². The molecule has 0 atom stereocenters. The molecule has 1 heterocycles. The number of nitrogens with zero attached hydrogens (tertiary/aromatic N) is 2. The fourth-order valence-corrected chi connectivity index (χ4v) is 2.06. The van der Waals surface area contributed by atoms with Crippen LogP contribution in [0.15, 0.2) is 17.3 Å². The Balaban J connectivity index is 2.27. The van der Waals surface area contributed by atoms with Crippen LogP contribution in [0, 0.1) is 0 Å². The summed E-state index contributed by atoms with van der Waals surface area (Å²) < 4.78 is 0. The third-order valence-corrected chi connectivity index (χ3v) is 3.27. The van der Waals surface area contributed by atoms with Gasteiger partial charge >= 0.3 is 0 Å². The number of thioether (sulfide) groups is 1.